The number of amides is 3. The summed E-state index contributed by atoms with van der Waals surface area (Å²) >= 11 is 6.07. The topological polar surface area (TPSA) is 69.7 Å². The van der Waals surface area contributed by atoms with Gasteiger partial charge in [0.1, 0.15) is 0 Å². The van der Waals surface area contributed by atoms with E-state index in [-0.39, 0.29) is 29.6 Å². The first-order valence-corrected chi connectivity index (χ1v) is 8.86. The van der Waals surface area contributed by atoms with Gasteiger partial charge in [0.15, 0.2) is 0 Å². The van der Waals surface area contributed by atoms with Gasteiger partial charge in [-0.3, -0.25) is 14.4 Å². The zero-order valence-electron chi connectivity index (χ0n) is 14.4. The molecule has 1 aliphatic carbocycles. The lowest BCUT2D eigenvalue weighted by molar-refractivity contribution is -0.139. The number of aryl methyl sites for hydroxylation is 1. The zero-order chi connectivity index (χ0) is 18.1. The number of halogens is 1. The Kier molecular flexibility index (Phi) is 4.99. The molecular formula is C18H22ClN3O3. The van der Waals surface area contributed by atoms with E-state index >= 15 is 0 Å². The maximum Gasteiger partial charge on any atom is 0.228 e. The molecule has 1 saturated carbocycles. The lowest BCUT2D eigenvalue weighted by Gasteiger charge is -2.34. The highest BCUT2D eigenvalue weighted by molar-refractivity contribution is 6.31. The number of carbonyl (C=O) groups excluding carboxylic acids is 3. The molecule has 0 radical (unpaired) electrons. The third-order valence-corrected chi connectivity index (χ3v) is 5.33. The molecule has 2 unspecified atom stereocenters. The summed E-state index contributed by atoms with van der Waals surface area (Å²) in [6.45, 7) is 5.64. The summed E-state index contributed by atoms with van der Waals surface area (Å²) in [5, 5.41) is 3.44. The molecule has 0 bridgehead atoms. The Balaban J connectivity index is 1.51. The lowest BCUT2D eigenvalue weighted by Crippen LogP contribution is -2.50. The van der Waals surface area contributed by atoms with E-state index in [2.05, 4.69) is 5.32 Å². The van der Waals surface area contributed by atoms with Gasteiger partial charge in [0.25, 0.3) is 0 Å². The van der Waals surface area contributed by atoms with Crippen LogP contribution in [0.15, 0.2) is 18.2 Å². The number of benzene rings is 1. The van der Waals surface area contributed by atoms with Crippen molar-refractivity contribution in [3.63, 3.8) is 0 Å². The van der Waals surface area contributed by atoms with Crippen molar-refractivity contribution in [3.8, 4) is 0 Å². The average molecular weight is 364 g/mol. The molecule has 1 heterocycles. The summed E-state index contributed by atoms with van der Waals surface area (Å²) < 4.78 is 0. The van der Waals surface area contributed by atoms with E-state index in [9.17, 15) is 14.4 Å². The summed E-state index contributed by atoms with van der Waals surface area (Å²) in [6.07, 6.45) is 0.581. The van der Waals surface area contributed by atoms with Crippen LogP contribution in [0, 0.1) is 18.8 Å². The molecule has 1 aliphatic heterocycles. The van der Waals surface area contributed by atoms with Gasteiger partial charge in [0.05, 0.1) is 11.8 Å². The van der Waals surface area contributed by atoms with E-state index in [1.54, 1.807) is 21.9 Å². The largest absolute Gasteiger partial charge is 0.339 e. The third-order valence-electron chi connectivity index (χ3n) is 4.92. The highest BCUT2D eigenvalue weighted by atomic mass is 35.5. The van der Waals surface area contributed by atoms with Crippen molar-refractivity contribution in [3.05, 3.63) is 28.8 Å². The fraction of sp³-hybridized carbons (Fsp3) is 0.500. The highest BCUT2D eigenvalue weighted by Gasteiger charge is 2.49. The molecule has 0 spiro atoms. The average Bonchev–Trinajstić information content (AvgIpc) is 3.38. The number of anilines is 1. The van der Waals surface area contributed by atoms with Gasteiger partial charge < -0.3 is 15.1 Å². The van der Waals surface area contributed by atoms with E-state index in [4.69, 9.17) is 11.6 Å². The Morgan fingerprint density at radius 2 is 1.72 bits per heavy atom. The molecule has 134 valence electrons. The van der Waals surface area contributed by atoms with Gasteiger partial charge in [0, 0.05) is 43.8 Å². The minimum atomic E-state index is -0.279. The van der Waals surface area contributed by atoms with Gasteiger partial charge in [-0.1, -0.05) is 17.7 Å². The van der Waals surface area contributed by atoms with Crippen LogP contribution in [0.4, 0.5) is 5.69 Å². The minimum Gasteiger partial charge on any atom is -0.339 e. The second-order valence-electron chi connectivity index (χ2n) is 6.73. The highest BCUT2D eigenvalue weighted by Crippen LogP contribution is 2.41. The van der Waals surface area contributed by atoms with Crippen LogP contribution in [0.1, 0.15) is 18.9 Å². The summed E-state index contributed by atoms with van der Waals surface area (Å²) in [5.74, 6) is -0.610. The summed E-state index contributed by atoms with van der Waals surface area (Å²) in [5.41, 5.74) is 1.60. The molecule has 1 N–H and O–H groups in total. The van der Waals surface area contributed by atoms with Gasteiger partial charge in [-0.25, -0.2) is 0 Å². The molecule has 1 saturated heterocycles. The van der Waals surface area contributed by atoms with E-state index in [0.29, 0.717) is 43.3 Å². The Bertz CT molecular complexity index is 714. The van der Waals surface area contributed by atoms with Crippen LogP contribution >= 0.6 is 11.6 Å². The fourth-order valence-corrected chi connectivity index (χ4v) is 3.32. The lowest BCUT2D eigenvalue weighted by atomic mass is 10.2. The molecule has 2 atom stereocenters. The number of hydrogen-bond donors (Lipinski definition) is 1. The van der Waals surface area contributed by atoms with Crippen LogP contribution in [-0.4, -0.2) is 53.7 Å². The van der Waals surface area contributed by atoms with Gasteiger partial charge in [-0.05, 0) is 31.0 Å². The molecule has 2 fully saturated rings. The van der Waals surface area contributed by atoms with Gasteiger partial charge in [-0.15, -0.1) is 0 Å². The van der Waals surface area contributed by atoms with Crippen molar-refractivity contribution in [2.24, 2.45) is 11.8 Å². The summed E-state index contributed by atoms with van der Waals surface area (Å²) in [7, 11) is 0. The van der Waals surface area contributed by atoms with Gasteiger partial charge in [0.2, 0.25) is 17.7 Å². The number of piperazine rings is 1. The predicted octanol–water partition coefficient (Wildman–Crippen LogP) is 1.91. The first-order valence-electron chi connectivity index (χ1n) is 8.48. The smallest absolute Gasteiger partial charge is 0.228 e. The van der Waals surface area contributed by atoms with E-state index in [1.807, 2.05) is 13.0 Å². The van der Waals surface area contributed by atoms with Crippen LogP contribution < -0.4 is 5.32 Å². The number of rotatable bonds is 3. The fourth-order valence-electron chi connectivity index (χ4n) is 3.14. The van der Waals surface area contributed by atoms with Crippen LogP contribution in [-0.2, 0) is 14.4 Å². The molecular weight excluding hydrogens is 342 g/mol. The van der Waals surface area contributed by atoms with E-state index in [0.717, 1.165) is 5.56 Å². The Morgan fingerprint density at radius 1 is 1.08 bits per heavy atom. The molecule has 1 aromatic rings. The third kappa shape index (κ3) is 3.95. The van der Waals surface area contributed by atoms with Crippen molar-refractivity contribution in [1.29, 1.82) is 0 Å². The van der Waals surface area contributed by atoms with Crippen LogP contribution in [0.5, 0.6) is 0 Å². The molecule has 6 nitrogen and oxygen atoms in total. The Morgan fingerprint density at radius 3 is 2.32 bits per heavy atom. The Hall–Kier alpha value is -2.08. The number of nitrogens with one attached hydrogen (secondary N) is 1. The predicted molar refractivity (Wildman–Crippen MR) is 95.2 cm³/mol. The van der Waals surface area contributed by atoms with Crippen LogP contribution in [0.25, 0.3) is 0 Å². The number of nitrogens with zero attached hydrogens (tertiary/aromatic N) is 2. The maximum atomic E-state index is 12.5. The summed E-state index contributed by atoms with van der Waals surface area (Å²) in [6, 6.07) is 5.37. The molecule has 1 aromatic carbocycles. The Labute approximate surface area is 152 Å². The first kappa shape index (κ1) is 17.7. The van der Waals surface area contributed by atoms with Crippen LogP contribution in [0.2, 0.25) is 5.02 Å². The molecule has 3 amide bonds. The standard InChI is InChI=1S/C18H22ClN3O3/c1-11-3-4-13(9-16(11)19)20-17(24)14-10-15(14)18(25)22-7-5-21(6-8-22)12(2)23/h3-4,9,14-15H,5-8,10H2,1-2H3,(H,20,24). The van der Waals surface area contributed by atoms with Crippen molar-refractivity contribution >= 4 is 35.0 Å². The second-order valence-corrected chi connectivity index (χ2v) is 7.14. The molecule has 7 heteroatoms. The zero-order valence-corrected chi connectivity index (χ0v) is 15.2. The minimum absolute atomic E-state index is 0.0188. The molecule has 2 aliphatic rings. The molecule has 3 rings (SSSR count). The molecule has 25 heavy (non-hydrogen) atoms. The van der Waals surface area contributed by atoms with Gasteiger partial charge >= 0.3 is 0 Å². The van der Waals surface area contributed by atoms with Crippen molar-refractivity contribution < 1.29 is 14.4 Å². The summed E-state index contributed by atoms with van der Waals surface area (Å²) in [4.78, 5) is 39.7. The number of hydrogen-bond acceptors (Lipinski definition) is 3. The SMILES string of the molecule is CC(=O)N1CCN(C(=O)C2CC2C(=O)Nc2ccc(C)c(Cl)c2)CC1. The first-order chi connectivity index (χ1) is 11.9. The quantitative estimate of drug-likeness (QED) is 0.891. The van der Waals surface area contributed by atoms with Crippen LogP contribution in [0.3, 0.4) is 0 Å². The second kappa shape index (κ2) is 7.04. The number of carbonyl (C=O) groups is 3. The van der Waals surface area contributed by atoms with Crippen molar-refractivity contribution in [2.75, 3.05) is 31.5 Å². The maximum absolute atomic E-state index is 12.5. The van der Waals surface area contributed by atoms with E-state index < -0.39 is 0 Å². The van der Waals surface area contributed by atoms with Gasteiger partial charge in [-0.2, -0.15) is 0 Å². The van der Waals surface area contributed by atoms with Crippen molar-refractivity contribution in [2.45, 2.75) is 20.3 Å². The van der Waals surface area contributed by atoms with E-state index in [1.165, 1.54) is 6.92 Å². The monoisotopic (exact) mass is 363 g/mol. The normalized spacial score (nSPS) is 22.5. The van der Waals surface area contributed by atoms with Crippen molar-refractivity contribution in [1.82, 2.24) is 9.80 Å². The molecule has 0 aromatic heterocycles.